The Hall–Kier alpha value is 1.19. The zero-order valence-corrected chi connectivity index (χ0v) is 7.04. The van der Waals surface area contributed by atoms with Gasteiger partial charge in [0, 0.05) is 43.5 Å². The molecule has 0 saturated carbocycles. The molecule has 0 aliphatic heterocycles. The Morgan fingerprint density at radius 1 is 1.12 bits per heavy atom. The molecule has 0 aromatic rings. The van der Waals surface area contributed by atoms with Crippen molar-refractivity contribution in [3.63, 3.8) is 0 Å². The molecule has 0 spiro atoms. The Kier molecular flexibility index (Phi) is 16.5. The maximum Gasteiger partial charge on any atom is 0.0431 e. The van der Waals surface area contributed by atoms with Crippen molar-refractivity contribution in [3.8, 4) is 0 Å². The average Bonchev–Trinajstić information content (AvgIpc) is 1.69. The fourth-order valence-electron chi connectivity index (χ4n) is 0.539. The van der Waals surface area contributed by atoms with Crippen LogP contribution in [-0.2, 0) is 0 Å². The van der Waals surface area contributed by atoms with Gasteiger partial charge in [0.2, 0.25) is 0 Å². The zero-order chi connectivity index (χ0) is 5.54. The minimum atomic E-state index is 0. The predicted molar refractivity (Wildman–Crippen MR) is 31.2 cm³/mol. The van der Waals surface area contributed by atoms with Crippen LogP contribution in [0.1, 0.15) is 32.6 Å². The smallest absolute Gasteiger partial charge is 0.0431 e. The molecule has 1 N–H and O–H groups in total. The van der Waals surface area contributed by atoms with E-state index >= 15 is 0 Å². The third-order valence-corrected chi connectivity index (χ3v) is 1.01. The van der Waals surface area contributed by atoms with Crippen molar-refractivity contribution < 1.29 is 42.0 Å². The predicted octanol–water partition coefficient (Wildman–Crippen LogP) is 1.56. The molecule has 0 aromatic heterocycles. The van der Waals surface area contributed by atoms with Gasteiger partial charge in [0.05, 0.1) is 0 Å². The molecular weight excluding hydrogens is 257 g/mol. The summed E-state index contributed by atoms with van der Waals surface area (Å²) in [6, 6.07) is 0. The van der Waals surface area contributed by atoms with Crippen LogP contribution in [0.3, 0.4) is 0 Å². The van der Waals surface area contributed by atoms with Crippen molar-refractivity contribution in [2.75, 3.05) is 6.61 Å². The number of unbranched alkanes of at least 4 members (excludes halogenated alkanes) is 3. The molecule has 1 radical (unpaired) electrons. The Labute approximate surface area is 80.7 Å². The van der Waals surface area contributed by atoms with E-state index in [9.17, 15) is 0 Å². The van der Waals surface area contributed by atoms with E-state index in [1.807, 2.05) is 0 Å². The Morgan fingerprint density at radius 3 is 2.12 bits per heavy atom. The molecule has 0 unspecified atom stereocenters. The van der Waals surface area contributed by atoms with Gasteiger partial charge in [0.1, 0.15) is 0 Å². The number of rotatable bonds is 4. The molecule has 0 rings (SSSR count). The molecule has 0 aromatic carbocycles. The molecule has 2 heteroatoms. The molecule has 0 fully saturated rings. The third-order valence-electron chi connectivity index (χ3n) is 1.01. The van der Waals surface area contributed by atoms with E-state index in [0.29, 0.717) is 6.61 Å². The van der Waals surface area contributed by atoms with Gasteiger partial charge in [0.15, 0.2) is 0 Å². The fraction of sp³-hybridized carbons (Fsp3) is 1.00. The summed E-state index contributed by atoms with van der Waals surface area (Å²) in [5.41, 5.74) is 0. The first-order valence-electron chi connectivity index (χ1n) is 3.02. The zero-order valence-electron chi connectivity index (χ0n) is 5.26. The van der Waals surface area contributed by atoms with Gasteiger partial charge in [-0.15, -0.1) is 0 Å². The van der Waals surface area contributed by atoms with Crippen LogP contribution in [0, 0.1) is 36.9 Å². The number of aliphatic hydroxyl groups excluding tert-OH is 1. The Balaban J connectivity index is 0. The number of hydrogen-bond donors (Lipinski definition) is 1. The van der Waals surface area contributed by atoms with Crippen LogP contribution in [0.2, 0.25) is 0 Å². The van der Waals surface area contributed by atoms with Crippen molar-refractivity contribution in [3.05, 3.63) is 0 Å². The molecular formula is C6H14OTm. The van der Waals surface area contributed by atoms with Crippen molar-refractivity contribution in [1.82, 2.24) is 0 Å². The van der Waals surface area contributed by atoms with Crippen molar-refractivity contribution in [2.45, 2.75) is 32.6 Å². The largest absolute Gasteiger partial charge is 0.396 e. The normalized spacial score (nSPS) is 8.25. The molecule has 57 valence electrons. The molecule has 0 saturated heterocycles. The molecule has 0 aliphatic rings. The van der Waals surface area contributed by atoms with Gasteiger partial charge in [0.25, 0.3) is 0 Å². The summed E-state index contributed by atoms with van der Waals surface area (Å²) in [6.07, 6.45) is 4.68. The summed E-state index contributed by atoms with van der Waals surface area (Å²) in [7, 11) is 0. The van der Waals surface area contributed by atoms with Gasteiger partial charge < -0.3 is 5.11 Å². The minimum Gasteiger partial charge on any atom is -0.396 e. The van der Waals surface area contributed by atoms with Crippen LogP contribution < -0.4 is 0 Å². The van der Waals surface area contributed by atoms with Crippen LogP contribution in [0.5, 0.6) is 0 Å². The van der Waals surface area contributed by atoms with Gasteiger partial charge in [-0.05, 0) is 6.42 Å². The van der Waals surface area contributed by atoms with Crippen LogP contribution in [0.15, 0.2) is 0 Å². The Morgan fingerprint density at radius 2 is 1.75 bits per heavy atom. The molecule has 1 nitrogen and oxygen atoms in total. The molecule has 0 atom stereocenters. The average molecular weight is 271 g/mol. The molecule has 0 bridgehead atoms. The van der Waals surface area contributed by atoms with E-state index in [1.54, 1.807) is 0 Å². The maximum absolute atomic E-state index is 8.29. The van der Waals surface area contributed by atoms with Crippen molar-refractivity contribution in [1.29, 1.82) is 0 Å². The summed E-state index contributed by atoms with van der Waals surface area (Å²) >= 11 is 0. The van der Waals surface area contributed by atoms with Crippen LogP contribution in [-0.4, -0.2) is 11.7 Å². The number of aliphatic hydroxyl groups is 1. The fourth-order valence-corrected chi connectivity index (χ4v) is 0.539. The topological polar surface area (TPSA) is 20.2 Å². The van der Waals surface area contributed by atoms with Gasteiger partial charge in [-0.3, -0.25) is 0 Å². The first kappa shape index (κ1) is 11.9. The van der Waals surface area contributed by atoms with Crippen molar-refractivity contribution in [2.24, 2.45) is 0 Å². The molecule has 0 amide bonds. The third kappa shape index (κ3) is 10.2. The van der Waals surface area contributed by atoms with Gasteiger partial charge in [-0.1, -0.05) is 26.2 Å². The monoisotopic (exact) mass is 271 g/mol. The van der Waals surface area contributed by atoms with Gasteiger partial charge in [-0.2, -0.15) is 0 Å². The van der Waals surface area contributed by atoms with E-state index in [-0.39, 0.29) is 36.9 Å². The van der Waals surface area contributed by atoms with Crippen LogP contribution in [0.4, 0.5) is 0 Å². The van der Waals surface area contributed by atoms with E-state index in [1.165, 1.54) is 19.3 Å². The van der Waals surface area contributed by atoms with Crippen molar-refractivity contribution >= 4 is 0 Å². The Bertz CT molecular complexity index is 27.7. The second-order valence-corrected chi connectivity index (χ2v) is 1.78. The summed E-state index contributed by atoms with van der Waals surface area (Å²) in [5.74, 6) is 0. The SMILES string of the molecule is CCCCCCO.[Tm]. The van der Waals surface area contributed by atoms with Gasteiger partial charge in [-0.25, -0.2) is 0 Å². The summed E-state index contributed by atoms with van der Waals surface area (Å²) in [5, 5.41) is 8.29. The van der Waals surface area contributed by atoms with Gasteiger partial charge >= 0.3 is 0 Å². The first-order chi connectivity index (χ1) is 3.41. The van der Waals surface area contributed by atoms with E-state index in [0.717, 1.165) is 6.42 Å². The molecule has 0 heterocycles. The maximum atomic E-state index is 8.29. The van der Waals surface area contributed by atoms with Crippen LogP contribution in [0.25, 0.3) is 0 Å². The summed E-state index contributed by atoms with van der Waals surface area (Å²) in [6.45, 7) is 2.53. The minimum absolute atomic E-state index is 0. The van der Waals surface area contributed by atoms with E-state index < -0.39 is 0 Å². The second kappa shape index (κ2) is 11.1. The molecule has 0 aliphatic carbocycles. The van der Waals surface area contributed by atoms with Crippen LogP contribution >= 0.6 is 0 Å². The quantitative estimate of drug-likeness (QED) is 0.769. The first-order valence-corrected chi connectivity index (χ1v) is 3.02. The van der Waals surface area contributed by atoms with E-state index in [4.69, 9.17) is 5.11 Å². The summed E-state index contributed by atoms with van der Waals surface area (Å²) < 4.78 is 0. The second-order valence-electron chi connectivity index (χ2n) is 1.78. The standard InChI is InChI=1S/C6H14O.Tm/c1-2-3-4-5-6-7;/h7H,2-6H2,1H3;. The molecule has 8 heavy (non-hydrogen) atoms. The summed E-state index contributed by atoms with van der Waals surface area (Å²) in [4.78, 5) is 0. The van der Waals surface area contributed by atoms with E-state index in [2.05, 4.69) is 6.92 Å². The number of hydrogen-bond acceptors (Lipinski definition) is 1.